The molecule has 2 N–H and O–H groups in total. The Hall–Kier alpha value is -2.93. The molecule has 3 aromatic rings. The van der Waals surface area contributed by atoms with Gasteiger partial charge in [0.2, 0.25) is 11.7 Å². The fraction of sp³-hybridized carbons (Fsp3) is 0.118. The Morgan fingerprint density at radius 3 is 2.80 bits per heavy atom. The minimum Gasteiger partial charge on any atom is -0.337 e. The lowest BCUT2D eigenvalue weighted by Gasteiger charge is -2.11. The van der Waals surface area contributed by atoms with Crippen molar-refractivity contribution in [2.24, 2.45) is 0 Å². The standard InChI is InChI=1S/C17H14ClFN4O2/c1-10(20-17(24)21-14-8-3-2-7-13(14)19)16-22-15(23-25-16)11-5-4-6-12(18)9-11/h2-10H,1H3,(H2,20,21,24). The molecule has 0 aliphatic rings. The van der Waals surface area contributed by atoms with Gasteiger partial charge in [-0.1, -0.05) is 41.0 Å². The largest absolute Gasteiger partial charge is 0.337 e. The molecule has 25 heavy (non-hydrogen) atoms. The summed E-state index contributed by atoms with van der Waals surface area (Å²) in [6.07, 6.45) is 0. The van der Waals surface area contributed by atoms with E-state index < -0.39 is 17.9 Å². The molecule has 1 aromatic heterocycles. The number of para-hydroxylation sites is 1. The van der Waals surface area contributed by atoms with Crippen LogP contribution in [0, 0.1) is 5.82 Å². The van der Waals surface area contributed by atoms with Gasteiger partial charge in [-0.05, 0) is 31.2 Å². The van der Waals surface area contributed by atoms with Crippen molar-refractivity contribution in [1.29, 1.82) is 0 Å². The number of hydrogen-bond donors (Lipinski definition) is 2. The summed E-state index contributed by atoms with van der Waals surface area (Å²) in [6, 6.07) is 11.8. The molecule has 128 valence electrons. The molecule has 8 heteroatoms. The van der Waals surface area contributed by atoms with Gasteiger partial charge in [-0.2, -0.15) is 4.98 Å². The fourth-order valence-electron chi connectivity index (χ4n) is 2.14. The molecule has 0 aliphatic carbocycles. The van der Waals surface area contributed by atoms with Crippen LogP contribution in [0.3, 0.4) is 0 Å². The maximum atomic E-state index is 13.5. The number of nitrogens with zero attached hydrogens (tertiary/aromatic N) is 2. The number of benzene rings is 2. The molecule has 1 atom stereocenters. The second-order valence-electron chi connectivity index (χ2n) is 5.27. The Balaban J connectivity index is 1.66. The number of nitrogens with one attached hydrogen (secondary N) is 2. The third-order valence-corrected chi connectivity index (χ3v) is 3.60. The summed E-state index contributed by atoms with van der Waals surface area (Å²) in [7, 11) is 0. The van der Waals surface area contributed by atoms with Crippen molar-refractivity contribution in [3.63, 3.8) is 0 Å². The molecule has 0 saturated heterocycles. The van der Waals surface area contributed by atoms with E-state index >= 15 is 0 Å². The molecular weight excluding hydrogens is 347 g/mol. The first-order chi connectivity index (χ1) is 12.0. The van der Waals surface area contributed by atoms with Gasteiger partial charge >= 0.3 is 6.03 Å². The van der Waals surface area contributed by atoms with E-state index in [0.717, 1.165) is 0 Å². The molecule has 0 fully saturated rings. The van der Waals surface area contributed by atoms with Crippen LogP contribution in [0.5, 0.6) is 0 Å². The highest BCUT2D eigenvalue weighted by Crippen LogP contribution is 2.21. The number of rotatable bonds is 4. The van der Waals surface area contributed by atoms with Gasteiger partial charge in [-0.15, -0.1) is 0 Å². The van der Waals surface area contributed by atoms with Gasteiger partial charge in [0.1, 0.15) is 11.9 Å². The summed E-state index contributed by atoms with van der Waals surface area (Å²) in [5, 5.41) is 9.47. The van der Waals surface area contributed by atoms with Crippen molar-refractivity contribution in [2.75, 3.05) is 5.32 Å². The predicted octanol–water partition coefficient (Wildman–Crippen LogP) is 4.41. The maximum Gasteiger partial charge on any atom is 0.319 e. The van der Waals surface area contributed by atoms with E-state index in [1.165, 1.54) is 18.2 Å². The van der Waals surface area contributed by atoms with Crippen molar-refractivity contribution in [3.05, 3.63) is 65.3 Å². The Labute approximate surface area is 148 Å². The molecule has 0 spiro atoms. The average molecular weight is 361 g/mol. The van der Waals surface area contributed by atoms with Crippen LogP contribution in [0.1, 0.15) is 18.9 Å². The highest BCUT2D eigenvalue weighted by Gasteiger charge is 2.18. The zero-order valence-corrected chi connectivity index (χ0v) is 13.9. The van der Waals surface area contributed by atoms with Gasteiger partial charge in [0.05, 0.1) is 5.69 Å². The number of halogens is 2. The molecule has 0 aliphatic heterocycles. The van der Waals surface area contributed by atoms with Crippen molar-refractivity contribution in [2.45, 2.75) is 13.0 Å². The minimum absolute atomic E-state index is 0.0809. The Morgan fingerprint density at radius 1 is 1.24 bits per heavy atom. The topological polar surface area (TPSA) is 80.0 Å². The molecule has 2 amide bonds. The number of urea groups is 1. The second-order valence-corrected chi connectivity index (χ2v) is 5.70. The summed E-state index contributed by atoms with van der Waals surface area (Å²) in [6.45, 7) is 1.68. The van der Waals surface area contributed by atoms with Crippen LogP contribution < -0.4 is 10.6 Å². The zero-order valence-electron chi connectivity index (χ0n) is 13.2. The van der Waals surface area contributed by atoms with Gasteiger partial charge in [0.25, 0.3) is 0 Å². The van der Waals surface area contributed by atoms with Crippen molar-refractivity contribution in [1.82, 2.24) is 15.5 Å². The minimum atomic E-state index is -0.583. The van der Waals surface area contributed by atoms with E-state index in [2.05, 4.69) is 20.8 Å². The molecule has 1 unspecified atom stereocenters. The van der Waals surface area contributed by atoms with E-state index in [1.54, 1.807) is 37.3 Å². The van der Waals surface area contributed by atoms with Crippen LogP contribution >= 0.6 is 11.6 Å². The molecule has 3 rings (SSSR count). The molecule has 0 saturated carbocycles. The third-order valence-electron chi connectivity index (χ3n) is 3.36. The number of anilines is 1. The smallest absolute Gasteiger partial charge is 0.319 e. The van der Waals surface area contributed by atoms with Gasteiger partial charge in [-0.3, -0.25) is 0 Å². The molecule has 6 nitrogen and oxygen atoms in total. The highest BCUT2D eigenvalue weighted by molar-refractivity contribution is 6.30. The first kappa shape index (κ1) is 16.9. The first-order valence-corrected chi connectivity index (χ1v) is 7.82. The third kappa shape index (κ3) is 4.13. The quantitative estimate of drug-likeness (QED) is 0.722. The first-order valence-electron chi connectivity index (χ1n) is 7.44. The highest BCUT2D eigenvalue weighted by atomic mass is 35.5. The number of hydrogen-bond acceptors (Lipinski definition) is 4. The number of amides is 2. The average Bonchev–Trinajstić information content (AvgIpc) is 3.07. The van der Waals surface area contributed by atoms with Crippen molar-refractivity contribution >= 4 is 23.3 Å². The lowest BCUT2D eigenvalue weighted by atomic mass is 10.2. The summed E-state index contributed by atoms with van der Waals surface area (Å²) in [5.74, 6) is 0.0608. The number of aromatic nitrogens is 2. The lowest BCUT2D eigenvalue weighted by molar-refractivity contribution is 0.245. The summed E-state index contributed by atoms with van der Waals surface area (Å²) < 4.78 is 18.7. The van der Waals surface area contributed by atoms with Crippen molar-refractivity contribution < 1.29 is 13.7 Å². The Morgan fingerprint density at radius 2 is 2.04 bits per heavy atom. The summed E-state index contributed by atoms with van der Waals surface area (Å²) in [5.41, 5.74) is 0.780. The summed E-state index contributed by atoms with van der Waals surface area (Å²) >= 11 is 5.94. The maximum absolute atomic E-state index is 13.5. The van der Waals surface area contributed by atoms with Crippen LogP contribution in [0.25, 0.3) is 11.4 Å². The van der Waals surface area contributed by atoms with E-state index in [9.17, 15) is 9.18 Å². The zero-order chi connectivity index (χ0) is 17.8. The van der Waals surface area contributed by atoms with Gasteiger partial charge < -0.3 is 15.2 Å². The predicted molar refractivity (Wildman–Crippen MR) is 91.7 cm³/mol. The molecular formula is C17H14ClFN4O2. The molecule has 2 aromatic carbocycles. The number of carbonyl (C=O) groups is 1. The molecule has 0 radical (unpaired) electrons. The summed E-state index contributed by atoms with van der Waals surface area (Å²) in [4.78, 5) is 16.2. The van der Waals surface area contributed by atoms with Crippen LogP contribution in [0.15, 0.2) is 53.1 Å². The molecule has 0 bridgehead atoms. The van der Waals surface area contributed by atoms with Gasteiger partial charge in [0.15, 0.2) is 0 Å². The van der Waals surface area contributed by atoms with E-state index in [1.807, 2.05) is 0 Å². The van der Waals surface area contributed by atoms with E-state index in [4.69, 9.17) is 16.1 Å². The van der Waals surface area contributed by atoms with E-state index in [0.29, 0.717) is 16.4 Å². The number of carbonyl (C=O) groups excluding carboxylic acids is 1. The normalized spacial score (nSPS) is 11.8. The Bertz CT molecular complexity index is 900. The Kier molecular flexibility index (Phi) is 4.95. The van der Waals surface area contributed by atoms with Crippen LogP contribution in [-0.2, 0) is 0 Å². The van der Waals surface area contributed by atoms with E-state index in [-0.39, 0.29) is 11.6 Å². The van der Waals surface area contributed by atoms with Gasteiger partial charge in [0, 0.05) is 10.6 Å². The molecule has 1 heterocycles. The van der Waals surface area contributed by atoms with Gasteiger partial charge in [-0.25, -0.2) is 9.18 Å². The van der Waals surface area contributed by atoms with Crippen LogP contribution in [-0.4, -0.2) is 16.2 Å². The SMILES string of the molecule is CC(NC(=O)Nc1ccccc1F)c1nc(-c2cccc(Cl)c2)no1. The monoisotopic (exact) mass is 360 g/mol. The van der Waals surface area contributed by atoms with Crippen molar-refractivity contribution in [3.8, 4) is 11.4 Å². The second kappa shape index (κ2) is 7.31. The van der Waals surface area contributed by atoms with Crippen LogP contribution in [0.2, 0.25) is 5.02 Å². The van der Waals surface area contributed by atoms with Crippen LogP contribution in [0.4, 0.5) is 14.9 Å². The fourth-order valence-corrected chi connectivity index (χ4v) is 2.33. The lowest BCUT2D eigenvalue weighted by Crippen LogP contribution is -2.31.